The molecule has 0 saturated heterocycles. The summed E-state index contributed by atoms with van der Waals surface area (Å²) < 4.78 is 0. The number of hydrogen-bond acceptors (Lipinski definition) is 9. The fraction of sp³-hybridized carbons (Fsp3) is 0. The Morgan fingerprint density at radius 3 is 0.800 bits per heavy atom. The molecule has 0 aromatic heterocycles. The van der Waals surface area contributed by atoms with Crippen LogP contribution in [0.15, 0.2) is 0 Å². The maximum Gasteiger partial charge on any atom is 2.00 e. The van der Waals surface area contributed by atoms with Crippen LogP contribution in [0.5, 0.6) is 0 Å². The molecule has 0 atom stereocenters. The molecule has 15 heavy (non-hydrogen) atoms. The summed E-state index contributed by atoms with van der Waals surface area (Å²) in [6.07, 6.45) is -2.33. The predicted octanol–water partition coefficient (Wildman–Crippen LogP) is -9.30. The molecule has 0 aromatic rings. The molecule has 0 aliphatic heterocycles. The van der Waals surface area contributed by atoms with Crippen molar-refractivity contribution in [3.05, 3.63) is 30.6 Å². The van der Waals surface area contributed by atoms with Crippen molar-refractivity contribution in [1.29, 1.82) is 0 Å². The molecule has 0 aliphatic carbocycles. The van der Waals surface area contributed by atoms with Gasteiger partial charge in [0.05, 0.1) is 10.2 Å². The maximum absolute atomic E-state index is 8.33. The molecule has 0 unspecified atom stereocenters. The Labute approximate surface area is 197 Å². The largest absolute Gasteiger partial charge is 2.00 e. The third-order valence-corrected chi connectivity index (χ3v) is 0. The van der Waals surface area contributed by atoms with Crippen LogP contribution in [0.2, 0.25) is 0 Å². The summed E-state index contributed by atoms with van der Waals surface area (Å²) in [7, 11) is 0. The fourth-order valence-corrected chi connectivity index (χ4v) is 0. The Morgan fingerprint density at radius 2 is 0.800 bits per heavy atom. The fourth-order valence-electron chi connectivity index (χ4n) is 0. The van der Waals surface area contributed by atoms with Gasteiger partial charge in [0, 0.05) is 0 Å². The summed E-state index contributed by atoms with van der Waals surface area (Å²) in [6.45, 7) is 0. The van der Waals surface area contributed by atoms with Gasteiger partial charge in [-0.2, -0.15) is 0 Å². The van der Waals surface area contributed by atoms with Crippen molar-refractivity contribution < 1.29 is 128 Å². The van der Waals surface area contributed by atoms with Crippen molar-refractivity contribution in [3.8, 4) is 0 Å². The van der Waals surface area contributed by atoms with E-state index in [0.717, 1.165) is 0 Å². The summed E-state index contributed by atoms with van der Waals surface area (Å²) in [4.78, 5) is 24.8. The molecule has 0 spiro atoms. The molecule has 0 rings (SSSR count). The third kappa shape index (κ3) is 674. The SMILES string of the molecule is O=C([O-])[O-].O=[N+]([O-])[O-].O=[N+]([O-])[O-].[Ca+2].[K+].[K+]. The molecule has 0 N–H and O–H groups in total. The molecule has 72 valence electrons. The van der Waals surface area contributed by atoms with Crippen molar-refractivity contribution in [2.75, 3.05) is 0 Å². The van der Waals surface area contributed by atoms with Gasteiger partial charge in [-0.1, -0.05) is 0 Å². The number of carboxylic acid groups (broad SMARTS) is 2. The second kappa shape index (κ2) is 29.8. The van der Waals surface area contributed by atoms with Gasteiger partial charge in [-0.25, -0.2) is 0 Å². The third-order valence-electron chi connectivity index (χ3n) is 0. The van der Waals surface area contributed by atoms with Gasteiger partial charge in [0.1, 0.15) is 0 Å². The number of carbonyl (C=O) groups excluding carboxylic acids is 1. The molecule has 0 aliphatic rings. The van der Waals surface area contributed by atoms with Crippen LogP contribution in [0, 0.1) is 30.6 Å². The van der Waals surface area contributed by atoms with E-state index in [1.807, 2.05) is 0 Å². The smallest absolute Gasteiger partial charge is 0.652 e. The average Bonchev–Trinajstić information content (AvgIpc) is 1.54. The molecular weight excluding hydrogens is 302 g/mol. The first-order chi connectivity index (χ1) is 5.20. The van der Waals surface area contributed by atoms with Crippen LogP contribution in [0.4, 0.5) is 4.79 Å². The van der Waals surface area contributed by atoms with Crippen molar-refractivity contribution in [1.82, 2.24) is 0 Å². The van der Waals surface area contributed by atoms with Crippen molar-refractivity contribution in [3.63, 3.8) is 0 Å². The van der Waals surface area contributed by atoms with Gasteiger partial charge in [0.2, 0.25) is 0 Å². The summed E-state index contributed by atoms with van der Waals surface area (Å²) >= 11 is 0. The summed E-state index contributed by atoms with van der Waals surface area (Å²) in [6, 6.07) is 0. The molecular formula is CCaK2N2O9. The summed E-state index contributed by atoms with van der Waals surface area (Å²) in [5.74, 6) is 0. The summed E-state index contributed by atoms with van der Waals surface area (Å²) in [5.41, 5.74) is 0. The second-order valence-electron chi connectivity index (χ2n) is 0.697. The Hall–Kier alpha value is 2.20. The van der Waals surface area contributed by atoms with E-state index >= 15 is 0 Å². The van der Waals surface area contributed by atoms with E-state index in [1.54, 1.807) is 0 Å². The zero-order chi connectivity index (χ0) is 10.7. The van der Waals surface area contributed by atoms with Gasteiger partial charge in [-0.3, -0.25) is 0 Å². The van der Waals surface area contributed by atoms with E-state index in [9.17, 15) is 0 Å². The molecule has 0 fully saturated rings. The number of nitrogens with zero attached hydrogens (tertiary/aromatic N) is 2. The van der Waals surface area contributed by atoms with Gasteiger partial charge in [0.15, 0.2) is 0 Å². The van der Waals surface area contributed by atoms with E-state index in [1.165, 1.54) is 0 Å². The molecule has 0 radical (unpaired) electrons. The van der Waals surface area contributed by atoms with Crippen LogP contribution >= 0.6 is 0 Å². The van der Waals surface area contributed by atoms with E-state index in [2.05, 4.69) is 0 Å². The van der Waals surface area contributed by atoms with Gasteiger partial charge in [0.25, 0.3) is 0 Å². The molecule has 14 heteroatoms. The van der Waals surface area contributed by atoms with Crippen LogP contribution in [-0.2, 0) is 0 Å². The Bertz CT molecular complexity index is 124. The van der Waals surface area contributed by atoms with Crippen molar-refractivity contribution in [2.45, 2.75) is 0 Å². The van der Waals surface area contributed by atoms with E-state index in [4.69, 9.17) is 45.7 Å². The standard InChI is InChI=1S/CH2O3.Ca.2K.2NO3/c2-1(3)4;;;;2*2-1(3)4/h(H2,2,3,4);;;;;/q;+2;2*+1;2*-1/p-2. The first kappa shape index (κ1) is 36.0. The Balaban J connectivity index is -0.0000000184. The van der Waals surface area contributed by atoms with Gasteiger partial charge in [-0.15, -0.1) is 0 Å². The van der Waals surface area contributed by atoms with Crippen LogP contribution in [0.1, 0.15) is 0 Å². The van der Waals surface area contributed by atoms with Crippen molar-refractivity contribution in [2.24, 2.45) is 0 Å². The normalized spacial score (nSPS) is 4.80. The zero-order valence-corrected chi connectivity index (χ0v) is 16.2. The average molecular weight is 302 g/mol. The molecule has 0 aromatic carbocycles. The minimum absolute atomic E-state index is 0. The number of rotatable bonds is 0. The molecule has 0 saturated carbocycles. The molecule has 0 amide bonds. The zero-order valence-electron chi connectivity index (χ0n) is 7.78. The van der Waals surface area contributed by atoms with Gasteiger partial charge in [-0.05, 0) is 6.16 Å². The molecule has 0 heterocycles. The predicted molar refractivity (Wildman–Crippen MR) is 31.9 cm³/mol. The molecule has 0 bridgehead atoms. The maximum atomic E-state index is 8.33. The monoisotopic (exact) mass is 302 g/mol. The first-order valence-corrected chi connectivity index (χ1v) is 1.71. The van der Waals surface area contributed by atoms with E-state index in [-0.39, 0.29) is 141 Å². The minimum atomic E-state index is -2.33. The van der Waals surface area contributed by atoms with E-state index < -0.39 is 16.3 Å². The van der Waals surface area contributed by atoms with Crippen LogP contribution in [0.25, 0.3) is 0 Å². The van der Waals surface area contributed by atoms with Gasteiger partial charge >= 0.3 is 141 Å². The van der Waals surface area contributed by atoms with Crippen molar-refractivity contribution >= 4 is 43.9 Å². The Kier molecular flexibility index (Phi) is 71.6. The van der Waals surface area contributed by atoms with Crippen LogP contribution in [-0.4, -0.2) is 54.1 Å². The second-order valence-corrected chi connectivity index (χ2v) is 0.697. The number of hydrogen-bond donors (Lipinski definition) is 0. The van der Waals surface area contributed by atoms with Gasteiger partial charge < -0.3 is 45.7 Å². The Morgan fingerprint density at radius 1 is 0.800 bits per heavy atom. The minimum Gasteiger partial charge on any atom is -0.652 e. The topological polar surface area (TPSA) is 196 Å². The quantitative estimate of drug-likeness (QED) is 0.237. The van der Waals surface area contributed by atoms with Crippen LogP contribution in [0.3, 0.4) is 0 Å². The van der Waals surface area contributed by atoms with E-state index in [0.29, 0.717) is 0 Å². The molecule has 11 nitrogen and oxygen atoms in total. The summed E-state index contributed by atoms with van der Waals surface area (Å²) in [5, 5.41) is 46.2. The first-order valence-electron chi connectivity index (χ1n) is 1.71. The van der Waals surface area contributed by atoms with Crippen LogP contribution < -0.4 is 113 Å². The number of carbonyl (C=O) groups is 1.